The van der Waals surface area contributed by atoms with Gasteiger partial charge in [0.15, 0.2) is 0 Å². The molecule has 2 atom stereocenters. The van der Waals surface area contributed by atoms with Gasteiger partial charge in [-0.25, -0.2) is 8.42 Å². The van der Waals surface area contributed by atoms with Crippen LogP contribution in [0.1, 0.15) is 44.9 Å². The Labute approximate surface area is 108 Å². The second-order valence-corrected chi connectivity index (χ2v) is 7.37. The molecule has 2 unspecified atom stereocenters. The highest BCUT2D eigenvalue weighted by Crippen LogP contribution is 2.38. The fourth-order valence-corrected chi connectivity index (χ4v) is 5.12. The number of rotatable bonds is 5. The van der Waals surface area contributed by atoms with Gasteiger partial charge in [0.05, 0.1) is 5.75 Å². The Morgan fingerprint density at radius 3 is 2.67 bits per heavy atom. The zero-order valence-corrected chi connectivity index (χ0v) is 11.4. The minimum absolute atomic E-state index is 0.0253. The van der Waals surface area contributed by atoms with Crippen molar-refractivity contribution in [3.8, 4) is 0 Å². The molecular weight excluding hydrogens is 254 g/mol. The molecule has 1 heterocycles. The first-order chi connectivity index (χ1) is 8.50. The first kappa shape index (κ1) is 13.8. The molecule has 104 valence electrons. The number of sulfonamides is 1. The molecule has 2 aliphatic rings. The van der Waals surface area contributed by atoms with E-state index in [1.807, 2.05) is 0 Å². The first-order valence-corrected chi connectivity index (χ1v) is 8.33. The van der Waals surface area contributed by atoms with Crippen molar-refractivity contribution in [1.82, 2.24) is 4.31 Å². The molecule has 1 aliphatic carbocycles. The highest BCUT2D eigenvalue weighted by atomic mass is 32.2. The number of carbonyl (C=O) groups is 1. The maximum atomic E-state index is 12.2. The maximum absolute atomic E-state index is 12.2. The van der Waals surface area contributed by atoms with E-state index in [1.54, 1.807) is 4.31 Å². The number of nitrogens with zero attached hydrogens (tertiary/aromatic N) is 1. The van der Waals surface area contributed by atoms with Gasteiger partial charge in [-0.2, -0.15) is 4.31 Å². The fraction of sp³-hybridized carbons (Fsp3) is 0.917. The molecule has 0 aromatic carbocycles. The minimum atomic E-state index is -3.26. The van der Waals surface area contributed by atoms with Crippen molar-refractivity contribution in [2.24, 2.45) is 5.92 Å². The number of carboxylic acids is 1. The fourth-order valence-electron chi connectivity index (χ4n) is 3.28. The number of piperidine rings is 1. The summed E-state index contributed by atoms with van der Waals surface area (Å²) in [6.45, 7) is 0.622. The standard InChI is InChI=1S/C12H21NO4S/c14-12(15)7-3-9-18(16,17)13-8-2-5-10-4-1-6-11(10)13/h10-11H,1-9H2,(H,14,15). The Morgan fingerprint density at radius 2 is 1.94 bits per heavy atom. The minimum Gasteiger partial charge on any atom is -0.481 e. The molecule has 5 nitrogen and oxygen atoms in total. The molecule has 0 bridgehead atoms. The van der Waals surface area contributed by atoms with Crippen LogP contribution in [0.5, 0.6) is 0 Å². The predicted molar refractivity (Wildman–Crippen MR) is 67.7 cm³/mol. The van der Waals surface area contributed by atoms with Crippen molar-refractivity contribution < 1.29 is 18.3 Å². The normalized spacial score (nSPS) is 29.1. The Hall–Kier alpha value is -0.620. The van der Waals surface area contributed by atoms with Gasteiger partial charge in [0.1, 0.15) is 0 Å². The average Bonchev–Trinajstić information content (AvgIpc) is 2.75. The van der Waals surface area contributed by atoms with Crippen molar-refractivity contribution in [2.45, 2.75) is 51.0 Å². The van der Waals surface area contributed by atoms with Gasteiger partial charge in [-0.05, 0) is 38.0 Å². The summed E-state index contributed by atoms with van der Waals surface area (Å²) in [6, 6.07) is 0.188. The summed E-state index contributed by atoms with van der Waals surface area (Å²) in [5, 5.41) is 8.56. The van der Waals surface area contributed by atoms with Crippen LogP contribution in [0.3, 0.4) is 0 Å². The third-order valence-corrected chi connectivity index (χ3v) is 6.07. The van der Waals surface area contributed by atoms with Gasteiger partial charge in [0.2, 0.25) is 10.0 Å². The van der Waals surface area contributed by atoms with Crippen molar-refractivity contribution in [2.75, 3.05) is 12.3 Å². The van der Waals surface area contributed by atoms with Crippen molar-refractivity contribution in [3.05, 3.63) is 0 Å². The van der Waals surface area contributed by atoms with Crippen LogP contribution >= 0.6 is 0 Å². The summed E-state index contributed by atoms with van der Waals surface area (Å²) in [5.41, 5.74) is 0. The molecule has 0 aromatic rings. The predicted octanol–water partition coefficient (Wildman–Crippen LogP) is 1.45. The van der Waals surface area contributed by atoms with Crippen LogP contribution in [-0.4, -0.2) is 42.1 Å². The van der Waals surface area contributed by atoms with Crippen molar-refractivity contribution >= 4 is 16.0 Å². The lowest BCUT2D eigenvalue weighted by Crippen LogP contribution is -2.47. The van der Waals surface area contributed by atoms with Gasteiger partial charge in [0, 0.05) is 19.0 Å². The maximum Gasteiger partial charge on any atom is 0.303 e. The van der Waals surface area contributed by atoms with Crippen LogP contribution in [0.25, 0.3) is 0 Å². The van der Waals surface area contributed by atoms with Crippen molar-refractivity contribution in [3.63, 3.8) is 0 Å². The van der Waals surface area contributed by atoms with Gasteiger partial charge in [-0.3, -0.25) is 4.79 Å². The van der Waals surface area contributed by atoms with Crippen LogP contribution in [0.15, 0.2) is 0 Å². The Morgan fingerprint density at radius 1 is 1.22 bits per heavy atom. The molecule has 0 aromatic heterocycles. The van der Waals surface area contributed by atoms with E-state index in [0.29, 0.717) is 12.5 Å². The number of carboxylic acid groups (broad SMARTS) is 1. The molecule has 0 amide bonds. The first-order valence-electron chi connectivity index (χ1n) is 6.72. The molecule has 6 heteroatoms. The molecule has 18 heavy (non-hydrogen) atoms. The Bertz CT molecular complexity index is 406. The highest BCUT2D eigenvalue weighted by Gasteiger charge is 2.40. The van der Waals surface area contributed by atoms with Gasteiger partial charge in [0.25, 0.3) is 0 Å². The molecule has 2 rings (SSSR count). The largest absolute Gasteiger partial charge is 0.481 e. The molecular formula is C12H21NO4S. The Balaban J connectivity index is 1.97. The second kappa shape index (κ2) is 5.57. The quantitative estimate of drug-likeness (QED) is 0.824. The van der Waals surface area contributed by atoms with E-state index in [9.17, 15) is 13.2 Å². The molecule has 0 radical (unpaired) electrons. The molecule has 1 N–H and O–H groups in total. The van der Waals surface area contributed by atoms with Gasteiger partial charge >= 0.3 is 5.97 Å². The SMILES string of the molecule is O=C(O)CCCS(=O)(=O)N1CCCC2CCCC21. The number of hydrogen-bond acceptors (Lipinski definition) is 3. The summed E-state index contributed by atoms with van der Waals surface area (Å²) >= 11 is 0. The lowest BCUT2D eigenvalue weighted by Gasteiger charge is -2.36. The smallest absolute Gasteiger partial charge is 0.303 e. The van der Waals surface area contributed by atoms with Crippen LogP contribution < -0.4 is 0 Å². The molecule has 0 spiro atoms. The van der Waals surface area contributed by atoms with E-state index < -0.39 is 16.0 Å². The summed E-state index contributed by atoms with van der Waals surface area (Å²) in [5.74, 6) is -0.418. The third-order valence-electron chi connectivity index (χ3n) is 4.09. The summed E-state index contributed by atoms with van der Waals surface area (Å²) in [4.78, 5) is 10.4. The molecule has 2 fully saturated rings. The van der Waals surface area contributed by atoms with E-state index in [4.69, 9.17) is 5.11 Å². The topological polar surface area (TPSA) is 74.7 Å². The lowest BCUT2D eigenvalue weighted by molar-refractivity contribution is -0.137. The zero-order valence-electron chi connectivity index (χ0n) is 10.5. The van der Waals surface area contributed by atoms with Crippen LogP contribution in [-0.2, 0) is 14.8 Å². The highest BCUT2D eigenvalue weighted by molar-refractivity contribution is 7.89. The van der Waals surface area contributed by atoms with Crippen LogP contribution in [0.2, 0.25) is 0 Å². The molecule has 1 saturated carbocycles. The second-order valence-electron chi connectivity index (χ2n) is 5.32. The van der Waals surface area contributed by atoms with Crippen LogP contribution in [0, 0.1) is 5.92 Å². The number of aliphatic carboxylic acids is 1. The average molecular weight is 275 g/mol. The van der Waals surface area contributed by atoms with E-state index in [2.05, 4.69) is 0 Å². The lowest BCUT2D eigenvalue weighted by atomic mass is 9.94. The number of fused-ring (bicyclic) bond motifs is 1. The summed E-state index contributed by atoms with van der Waals surface area (Å²) < 4.78 is 26.1. The van der Waals surface area contributed by atoms with E-state index in [-0.39, 0.29) is 24.6 Å². The van der Waals surface area contributed by atoms with Gasteiger partial charge < -0.3 is 5.11 Å². The molecule has 1 aliphatic heterocycles. The van der Waals surface area contributed by atoms with Gasteiger partial charge in [-0.15, -0.1) is 0 Å². The molecule has 1 saturated heterocycles. The zero-order chi connectivity index (χ0) is 13.2. The number of hydrogen-bond donors (Lipinski definition) is 1. The van der Waals surface area contributed by atoms with Crippen LogP contribution in [0.4, 0.5) is 0 Å². The summed E-state index contributed by atoms with van der Waals surface area (Å²) in [6.07, 6.45) is 5.48. The van der Waals surface area contributed by atoms with Gasteiger partial charge in [-0.1, -0.05) is 6.42 Å². The van der Waals surface area contributed by atoms with E-state index >= 15 is 0 Å². The Kier molecular flexibility index (Phi) is 4.27. The monoisotopic (exact) mass is 275 g/mol. The van der Waals surface area contributed by atoms with E-state index in [0.717, 1.165) is 32.1 Å². The third kappa shape index (κ3) is 3.03. The van der Waals surface area contributed by atoms with Crippen molar-refractivity contribution in [1.29, 1.82) is 0 Å². The summed E-state index contributed by atoms with van der Waals surface area (Å²) in [7, 11) is -3.26. The van der Waals surface area contributed by atoms with E-state index in [1.165, 1.54) is 0 Å².